The molecule has 3 atom stereocenters. The monoisotopic (exact) mass is 154 g/mol. The SMILES string of the molecule is CC1(C)[C@@H]2CC[C@@](C)(C2)[C@H]1O. The summed E-state index contributed by atoms with van der Waals surface area (Å²) in [5.74, 6) is 0.780. The summed E-state index contributed by atoms with van der Waals surface area (Å²) in [6, 6.07) is 0. The van der Waals surface area contributed by atoms with E-state index in [9.17, 15) is 5.11 Å². The summed E-state index contributed by atoms with van der Waals surface area (Å²) in [5.41, 5.74) is 0.446. The molecule has 2 saturated carbocycles. The molecule has 1 nitrogen and oxygen atoms in total. The van der Waals surface area contributed by atoms with Gasteiger partial charge in [-0.25, -0.2) is 0 Å². The first kappa shape index (κ1) is 7.60. The third kappa shape index (κ3) is 0.752. The Morgan fingerprint density at radius 1 is 1.27 bits per heavy atom. The molecule has 2 fully saturated rings. The molecular formula is C10H18O. The minimum atomic E-state index is -0.0613. The number of aliphatic hydroxyl groups excluding tert-OH is 1. The van der Waals surface area contributed by atoms with E-state index >= 15 is 0 Å². The molecule has 0 heterocycles. The molecule has 0 unspecified atom stereocenters. The molecule has 0 spiro atoms. The summed E-state index contributed by atoms with van der Waals surface area (Å²) in [6.45, 7) is 6.67. The van der Waals surface area contributed by atoms with Gasteiger partial charge in [-0.2, -0.15) is 0 Å². The Hall–Kier alpha value is -0.0400. The maximum Gasteiger partial charge on any atom is 0.0647 e. The fourth-order valence-corrected chi connectivity index (χ4v) is 3.28. The van der Waals surface area contributed by atoms with Crippen molar-refractivity contribution in [1.82, 2.24) is 0 Å². The summed E-state index contributed by atoms with van der Waals surface area (Å²) in [4.78, 5) is 0. The van der Waals surface area contributed by atoms with E-state index in [1.165, 1.54) is 19.3 Å². The van der Waals surface area contributed by atoms with Gasteiger partial charge in [-0.1, -0.05) is 20.8 Å². The van der Waals surface area contributed by atoms with Crippen molar-refractivity contribution in [3.8, 4) is 0 Å². The zero-order chi connectivity index (χ0) is 8.28. The Kier molecular flexibility index (Phi) is 1.26. The first-order valence-corrected chi connectivity index (χ1v) is 4.65. The fourth-order valence-electron chi connectivity index (χ4n) is 3.28. The third-order valence-electron chi connectivity index (χ3n) is 4.19. The van der Waals surface area contributed by atoms with Crippen LogP contribution in [0, 0.1) is 16.7 Å². The van der Waals surface area contributed by atoms with E-state index in [2.05, 4.69) is 20.8 Å². The number of fused-ring (bicyclic) bond motifs is 2. The normalized spacial score (nSPS) is 53.5. The largest absolute Gasteiger partial charge is 0.392 e. The van der Waals surface area contributed by atoms with Crippen molar-refractivity contribution in [1.29, 1.82) is 0 Å². The Morgan fingerprint density at radius 2 is 1.91 bits per heavy atom. The van der Waals surface area contributed by atoms with Gasteiger partial charge in [0.05, 0.1) is 6.10 Å². The molecule has 64 valence electrons. The van der Waals surface area contributed by atoms with Crippen LogP contribution in [0.4, 0.5) is 0 Å². The van der Waals surface area contributed by atoms with Crippen LogP contribution in [0.5, 0.6) is 0 Å². The molecule has 0 radical (unpaired) electrons. The molecule has 0 aliphatic heterocycles. The highest BCUT2D eigenvalue weighted by molar-refractivity contribution is 5.08. The van der Waals surface area contributed by atoms with Crippen LogP contribution >= 0.6 is 0 Å². The second-order valence-electron chi connectivity index (χ2n) is 5.32. The quantitative estimate of drug-likeness (QED) is 0.567. The van der Waals surface area contributed by atoms with Crippen molar-refractivity contribution in [3.05, 3.63) is 0 Å². The van der Waals surface area contributed by atoms with Gasteiger partial charge in [-0.05, 0) is 36.0 Å². The van der Waals surface area contributed by atoms with Crippen molar-refractivity contribution in [2.75, 3.05) is 0 Å². The van der Waals surface area contributed by atoms with Crippen LogP contribution in [-0.4, -0.2) is 11.2 Å². The summed E-state index contributed by atoms with van der Waals surface area (Å²) in [6.07, 6.45) is 3.76. The fraction of sp³-hybridized carbons (Fsp3) is 1.00. The average Bonchev–Trinajstić information content (AvgIpc) is 2.36. The van der Waals surface area contributed by atoms with Gasteiger partial charge in [-0.15, -0.1) is 0 Å². The van der Waals surface area contributed by atoms with E-state index in [0.717, 1.165) is 5.92 Å². The highest BCUT2D eigenvalue weighted by Crippen LogP contribution is 2.62. The topological polar surface area (TPSA) is 20.2 Å². The first-order valence-electron chi connectivity index (χ1n) is 4.65. The lowest BCUT2D eigenvalue weighted by Gasteiger charge is -2.38. The van der Waals surface area contributed by atoms with Crippen molar-refractivity contribution in [3.63, 3.8) is 0 Å². The van der Waals surface area contributed by atoms with Crippen LogP contribution in [0.3, 0.4) is 0 Å². The summed E-state index contributed by atoms with van der Waals surface area (Å²) in [5, 5.41) is 10.0. The molecule has 2 aliphatic rings. The second kappa shape index (κ2) is 1.82. The van der Waals surface area contributed by atoms with Crippen molar-refractivity contribution < 1.29 is 5.11 Å². The Bertz CT molecular complexity index is 181. The zero-order valence-electron chi connectivity index (χ0n) is 7.72. The number of hydrogen-bond acceptors (Lipinski definition) is 1. The average molecular weight is 154 g/mol. The Labute approximate surface area is 68.8 Å². The van der Waals surface area contributed by atoms with Crippen LogP contribution in [-0.2, 0) is 0 Å². The van der Waals surface area contributed by atoms with Gasteiger partial charge in [0.25, 0.3) is 0 Å². The lowest BCUT2D eigenvalue weighted by atomic mass is 9.70. The Balaban J connectivity index is 2.34. The molecule has 0 amide bonds. The molecule has 2 bridgehead atoms. The molecule has 2 rings (SSSR count). The smallest absolute Gasteiger partial charge is 0.0647 e. The minimum Gasteiger partial charge on any atom is -0.392 e. The second-order valence-corrected chi connectivity index (χ2v) is 5.32. The number of rotatable bonds is 0. The molecule has 0 aromatic rings. The zero-order valence-corrected chi connectivity index (χ0v) is 7.72. The number of aliphatic hydroxyl groups is 1. The van der Waals surface area contributed by atoms with Crippen molar-refractivity contribution in [2.45, 2.75) is 46.1 Å². The standard InChI is InChI=1S/C10H18O/c1-9(2)7-4-5-10(3,6-7)8(9)11/h7-8,11H,4-6H2,1-3H3/t7-,8+,10+/m1/s1. The van der Waals surface area contributed by atoms with E-state index in [0.29, 0.717) is 0 Å². The molecule has 1 N–H and O–H groups in total. The van der Waals surface area contributed by atoms with Gasteiger partial charge in [0.15, 0.2) is 0 Å². The van der Waals surface area contributed by atoms with E-state index in [1.54, 1.807) is 0 Å². The first-order chi connectivity index (χ1) is 4.97. The maximum atomic E-state index is 10.0. The molecule has 2 aliphatic carbocycles. The van der Waals surface area contributed by atoms with Crippen molar-refractivity contribution in [2.24, 2.45) is 16.7 Å². The van der Waals surface area contributed by atoms with Gasteiger partial charge in [0, 0.05) is 0 Å². The molecule has 11 heavy (non-hydrogen) atoms. The van der Waals surface area contributed by atoms with Crippen LogP contribution in [0.25, 0.3) is 0 Å². The van der Waals surface area contributed by atoms with Crippen LogP contribution < -0.4 is 0 Å². The molecule has 0 aromatic heterocycles. The maximum absolute atomic E-state index is 10.0. The minimum absolute atomic E-state index is 0.0613. The highest BCUT2D eigenvalue weighted by atomic mass is 16.3. The van der Waals surface area contributed by atoms with E-state index in [1.807, 2.05) is 0 Å². The van der Waals surface area contributed by atoms with Gasteiger partial charge in [0.1, 0.15) is 0 Å². The van der Waals surface area contributed by atoms with Crippen molar-refractivity contribution >= 4 is 0 Å². The van der Waals surface area contributed by atoms with Gasteiger partial charge < -0.3 is 5.11 Å². The predicted molar refractivity (Wildman–Crippen MR) is 45.2 cm³/mol. The molecular weight excluding hydrogens is 136 g/mol. The van der Waals surface area contributed by atoms with E-state index < -0.39 is 0 Å². The van der Waals surface area contributed by atoms with Gasteiger partial charge in [0.2, 0.25) is 0 Å². The molecule has 1 heteroatoms. The molecule has 0 aromatic carbocycles. The highest BCUT2D eigenvalue weighted by Gasteiger charge is 2.58. The van der Waals surface area contributed by atoms with Gasteiger partial charge in [-0.3, -0.25) is 0 Å². The van der Waals surface area contributed by atoms with E-state index in [-0.39, 0.29) is 16.9 Å². The summed E-state index contributed by atoms with van der Waals surface area (Å²) < 4.78 is 0. The summed E-state index contributed by atoms with van der Waals surface area (Å²) in [7, 11) is 0. The number of hydrogen-bond donors (Lipinski definition) is 1. The van der Waals surface area contributed by atoms with Crippen LogP contribution in [0.1, 0.15) is 40.0 Å². The van der Waals surface area contributed by atoms with E-state index in [4.69, 9.17) is 0 Å². The van der Waals surface area contributed by atoms with Crippen LogP contribution in [0.2, 0.25) is 0 Å². The van der Waals surface area contributed by atoms with Crippen LogP contribution in [0.15, 0.2) is 0 Å². The Morgan fingerprint density at radius 3 is 2.18 bits per heavy atom. The van der Waals surface area contributed by atoms with Gasteiger partial charge >= 0.3 is 0 Å². The lowest BCUT2D eigenvalue weighted by Crippen LogP contribution is -2.39. The lowest BCUT2D eigenvalue weighted by molar-refractivity contribution is -0.0340. The molecule has 0 saturated heterocycles. The summed E-state index contributed by atoms with van der Waals surface area (Å²) >= 11 is 0. The third-order valence-corrected chi connectivity index (χ3v) is 4.19. The predicted octanol–water partition coefficient (Wildman–Crippen LogP) is 2.19.